The van der Waals surface area contributed by atoms with Crippen LogP contribution in [0.2, 0.25) is 0 Å². The number of amides is 2. The number of likely N-dealkylation sites (tertiary alicyclic amines) is 1. The third kappa shape index (κ3) is 6.01. The van der Waals surface area contributed by atoms with Crippen molar-refractivity contribution < 1.29 is 14.7 Å². The third-order valence-corrected chi connectivity index (χ3v) is 3.47. The Balaban J connectivity index is 2.45. The number of hydrogen-bond acceptors (Lipinski definition) is 4. The van der Waals surface area contributed by atoms with E-state index in [0.717, 1.165) is 0 Å². The molecule has 0 bridgehead atoms. The number of rotatable bonds is 7. The first-order chi connectivity index (χ1) is 9.60. The molecule has 6 nitrogen and oxygen atoms in total. The molecule has 0 aromatic carbocycles. The highest BCUT2D eigenvalue weighted by molar-refractivity contribution is 5.89. The minimum Gasteiger partial charge on any atom is -0.387 e. The molecule has 1 heterocycles. The zero-order valence-corrected chi connectivity index (χ0v) is 13.8. The molecule has 0 aliphatic carbocycles. The Hall–Kier alpha value is -1.14. The number of carbonyl (C=O) groups excluding carboxylic acids is 2. The Morgan fingerprint density at radius 3 is 2.67 bits per heavy atom. The van der Waals surface area contributed by atoms with Gasteiger partial charge in [0.05, 0.1) is 11.5 Å². The summed E-state index contributed by atoms with van der Waals surface area (Å²) in [6.45, 7) is 7.64. The number of nitrogens with zero attached hydrogens (tertiary/aromatic N) is 2. The smallest absolute Gasteiger partial charge is 0.225 e. The van der Waals surface area contributed by atoms with Crippen LogP contribution >= 0.6 is 0 Å². The lowest BCUT2D eigenvalue weighted by atomic mass is 10.0. The SMILES string of the molecule is CC(C)CN1CC(C(=O)NCC(C)(O)CN(C)C)CC1=O. The largest absolute Gasteiger partial charge is 0.387 e. The van der Waals surface area contributed by atoms with Crippen molar-refractivity contribution in [1.29, 1.82) is 0 Å². The highest BCUT2D eigenvalue weighted by Gasteiger charge is 2.35. The Bertz CT molecular complexity index is 380. The maximum atomic E-state index is 12.1. The zero-order chi connectivity index (χ0) is 16.2. The molecule has 122 valence electrons. The average Bonchev–Trinajstić information content (AvgIpc) is 2.65. The Morgan fingerprint density at radius 1 is 1.52 bits per heavy atom. The van der Waals surface area contributed by atoms with Gasteiger partial charge in [-0.15, -0.1) is 0 Å². The van der Waals surface area contributed by atoms with E-state index in [9.17, 15) is 14.7 Å². The van der Waals surface area contributed by atoms with Gasteiger partial charge in [0.1, 0.15) is 0 Å². The van der Waals surface area contributed by atoms with E-state index >= 15 is 0 Å². The fraction of sp³-hybridized carbons (Fsp3) is 0.867. The predicted octanol–water partition coefficient (Wildman–Crippen LogP) is -0.0803. The summed E-state index contributed by atoms with van der Waals surface area (Å²) in [5, 5.41) is 12.9. The standard InChI is InChI=1S/C15H29N3O3/c1-11(2)7-18-8-12(6-13(18)19)14(20)16-9-15(3,21)10-17(4)5/h11-12,21H,6-10H2,1-5H3,(H,16,20). The maximum Gasteiger partial charge on any atom is 0.225 e. The molecule has 21 heavy (non-hydrogen) atoms. The van der Waals surface area contributed by atoms with Crippen LogP contribution in [0, 0.1) is 11.8 Å². The predicted molar refractivity (Wildman–Crippen MR) is 81.7 cm³/mol. The van der Waals surface area contributed by atoms with Crippen LogP contribution in [0.4, 0.5) is 0 Å². The van der Waals surface area contributed by atoms with Crippen LogP contribution in [0.3, 0.4) is 0 Å². The lowest BCUT2D eigenvalue weighted by Crippen LogP contribution is -2.48. The molecule has 2 unspecified atom stereocenters. The van der Waals surface area contributed by atoms with Gasteiger partial charge in [-0.2, -0.15) is 0 Å². The molecule has 0 radical (unpaired) electrons. The Morgan fingerprint density at radius 2 is 2.14 bits per heavy atom. The van der Waals surface area contributed by atoms with Crippen molar-refractivity contribution >= 4 is 11.8 Å². The average molecular weight is 299 g/mol. The van der Waals surface area contributed by atoms with Crippen LogP contribution in [0.25, 0.3) is 0 Å². The summed E-state index contributed by atoms with van der Waals surface area (Å²) in [4.78, 5) is 27.6. The normalized spacial score (nSPS) is 22.0. The van der Waals surface area contributed by atoms with Crippen molar-refractivity contribution in [1.82, 2.24) is 15.1 Å². The molecule has 0 saturated carbocycles. The van der Waals surface area contributed by atoms with Crippen LogP contribution in [-0.4, -0.2) is 72.6 Å². The van der Waals surface area contributed by atoms with Gasteiger partial charge in [-0.3, -0.25) is 9.59 Å². The fourth-order valence-electron chi connectivity index (χ4n) is 2.72. The van der Waals surface area contributed by atoms with Crippen molar-refractivity contribution in [2.45, 2.75) is 32.8 Å². The monoisotopic (exact) mass is 299 g/mol. The van der Waals surface area contributed by atoms with Gasteiger partial charge in [-0.1, -0.05) is 13.8 Å². The lowest BCUT2D eigenvalue weighted by molar-refractivity contribution is -0.129. The maximum absolute atomic E-state index is 12.1. The van der Waals surface area contributed by atoms with E-state index < -0.39 is 5.60 Å². The summed E-state index contributed by atoms with van der Waals surface area (Å²) in [5.74, 6) is 0.000492. The minimum atomic E-state index is -0.973. The second kappa shape index (κ2) is 7.22. The number of hydrogen-bond donors (Lipinski definition) is 2. The molecular weight excluding hydrogens is 270 g/mol. The van der Waals surface area contributed by atoms with E-state index in [1.807, 2.05) is 19.0 Å². The molecule has 6 heteroatoms. The van der Waals surface area contributed by atoms with Gasteiger partial charge in [-0.05, 0) is 26.9 Å². The quantitative estimate of drug-likeness (QED) is 0.690. The molecule has 2 atom stereocenters. The Labute approximate surface area is 127 Å². The third-order valence-electron chi connectivity index (χ3n) is 3.47. The van der Waals surface area contributed by atoms with Gasteiger partial charge in [-0.25, -0.2) is 0 Å². The number of likely N-dealkylation sites (N-methyl/N-ethyl adjacent to an activating group) is 1. The molecule has 1 aliphatic rings. The molecular formula is C15H29N3O3. The summed E-state index contributed by atoms with van der Waals surface area (Å²) >= 11 is 0. The van der Waals surface area contributed by atoms with Crippen molar-refractivity contribution in [3.05, 3.63) is 0 Å². The minimum absolute atomic E-state index is 0.0453. The lowest BCUT2D eigenvalue weighted by Gasteiger charge is -2.27. The molecule has 2 amide bonds. The highest BCUT2D eigenvalue weighted by Crippen LogP contribution is 2.19. The highest BCUT2D eigenvalue weighted by atomic mass is 16.3. The van der Waals surface area contributed by atoms with Crippen LogP contribution < -0.4 is 5.32 Å². The molecule has 2 N–H and O–H groups in total. The van der Waals surface area contributed by atoms with Crippen LogP contribution in [0.15, 0.2) is 0 Å². The van der Waals surface area contributed by atoms with E-state index in [0.29, 0.717) is 25.6 Å². The van der Waals surface area contributed by atoms with E-state index in [-0.39, 0.29) is 30.7 Å². The van der Waals surface area contributed by atoms with Gasteiger partial charge >= 0.3 is 0 Å². The first-order valence-electron chi connectivity index (χ1n) is 7.53. The summed E-state index contributed by atoms with van der Waals surface area (Å²) in [5.41, 5.74) is -0.973. The van der Waals surface area contributed by atoms with Crippen molar-refractivity contribution in [2.75, 3.05) is 40.3 Å². The number of nitrogens with one attached hydrogen (secondary N) is 1. The molecule has 1 fully saturated rings. The van der Waals surface area contributed by atoms with Crippen LogP contribution in [0.5, 0.6) is 0 Å². The molecule has 1 saturated heterocycles. The van der Waals surface area contributed by atoms with Crippen molar-refractivity contribution in [3.63, 3.8) is 0 Å². The van der Waals surface area contributed by atoms with E-state index in [4.69, 9.17) is 0 Å². The number of carbonyl (C=O) groups is 2. The molecule has 0 aromatic rings. The summed E-state index contributed by atoms with van der Waals surface area (Å²) in [6.07, 6.45) is 0.272. The zero-order valence-electron chi connectivity index (χ0n) is 13.8. The fourth-order valence-corrected chi connectivity index (χ4v) is 2.72. The van der Waals surface area contributed by atoms with Crippen molar-refractivity contribution in [2.24, 2.45) is 11.8 Å². The van der Waals surface area contributed by atoms with Crippen molar-refractivity contribution in [3.8, 4) is 0 Å². The molecule has 1 rings (SSSR count). The van der Waals surface area contributed by atoms with Crippen LogP contribution in [-0.2, 0) is 9.59 Å². The Kier molecular flexibility index (Phi) is 6.16. The van der Waals surface area contributed by atoms with Gasteiger partial charge in [0.25, 0.3) is 0 Å². The second-order valence-corrected chi connectivity index (χ2v) is 7.05. The molecule has 0 spiro atoms. The van der Waals surface area contributed by atoms with Gasteiger partial charge in [0, 0.05) is 32.6 Å². The first kappa shape index (κ1) is 17.9. The second-order valence-electron chi connectivity index (χ2n) is 7.05. The number of aliphatic hydroxyl groups is 1. The van der Waals surface area contributed by atoms with Crippen LogP contribution in [0.1, 0.15) is 27.2 Å². The molecule has 1 aliphatic heterocycles. The van der Waals surface area contributed by atoms with Gasteiger partial charge < -0.3 is 20.2 Å². The van der Waals surface area contributed by atoms with E-state index in [2.05, 4.69) is 19.2 Å². The van der Waals surface area contributed by atoms with Gasteiger partial charge in [0.15, 0.2) is 0 Å². The van der Waals surface area contributed by atoms with Gasteiger partial charge in [0.2, 0.25) is 11.8 Å². The summed E-state index contributed by atoms with van der Waals surface area (Å²) in [7, 11) is 3.74. The first-order valence-corrected chi connectivity index (χ1v) is 7.53. The topological polar surface area (TPSA) is 72.9 Å². The summed E-state index contributed by atoms with van der Waals surface area (Å²) in [6, 6.07) is 0. The van der Waals surface area contributed by atoms with E-state index in [1.54, 1.807) is 11.8 Å². The van der Waals surface area contributed by atoms with E-state index in [1.165, 1.54) is 0 Å². The summed E-state index contributed by atoms with van der Waals surface area (Å²) < 4.78 is 0. The molecule has 0 aromatic heterocycles.